The Bertz CT molecular complexity index is 902. The number of nitrogens with one attached hydrogen (secondary N) is 1. The normalized spacial score (nSPS) is 15.8. The summed E-state index contributed by atoms with van der Waals surface area (Å²) in [6.45, 7) is 1.99. The van der Waals surface area contributed by atoms with Gasteiger partial charge in [-0.3, -0.25) is 9.10 Å². The van der Waals surface area contributed by atoms with Gasteiger partial charge < -0.3 is 5.32 Å². The van der Waals surface area contributed by atoms with Crippen LogP contribution in [-0.2, 0) is 10.0 Å². The topological polar surface area (TPSA) is 66.5 Å². The molecule has 0 aliphatic heterocycles. The molecule has 0 unspecified atom stereocenters. The lowest BCUT2D eigenvalue weighted by atomic mass is 10.1. The molecule has 1 amide bonds. The predicted molar refractivity (Wildman–Crippen MR) is 115 cm³/mol. The quantitative estimate of drug-likeness (QED) is 0.637. The fraction of sp³-hybridized carbons (Fsp3) is 0.450. The number of sulfonamides is 1. The lowest BCUT2D eigenvalue weighted by Gasteiger charge is -2.24. The molecule has 1 aromatic carbocycles. The minimum absolute atomic E-state index is 0.153. The molecule has 28 heavy (non-hydrogen) atoms. The van der Waals surface area contributed by atoms with Gasteiger partial charge in [-0.25, -0.2) is 8.42 Å². The van der Waals surface area contributed by atoms with Crippen LogP contribution in [0.25, 0.3) is 0 Å². The van der Waals surface area contributed by atoms with Gasteiger partial charge in [0.2, 0.25) is 0 Å². The van der Waals surface area contributed by atoms with Crippen LogP contribution in [0.1, 0.15) is 55.1 Å². The molecule has 1 fully saturated rings. The van der Waals surface area contributed by atoms with Crippen molar-refractivity contribution >= 4 is 44.6 Å². The first-order valence-corrected chi connectivity index (χ1v) is 12.3. The van der Waals surface area contributed by atoms with Gasteiger partial charge in [0, 0.05) is 17.6 Å². The Labute approximate surface area is 175 Å². The standard InChI is InChI=1S/C20H25ClN2O3S2/c1-2-23(28(25,26)17-11-9-15(21)10-12-17)18-13-14-27-19(18)20(24)22-16-7-5-3-4-6-8-16/h9-14,16H,2-8H2,1H3,(H,22,24). The van der Waals surface area contributed by atoms with Crippen molar-refractivity contribution in [3.05, 3.63) is 45.6 Å². The summed E-state index contributed by atoms with van der Waals surface area (Å²) in [5.41, 5.74) is 0.425. The van der Waals surface area contributed by atoms with E-state index in [2.05, 4.69) is 5.32 Å². The number of amides is 1. The van der Waals surface area contributed by atoms with Gasteiger partial charge in [-0.05, 0) is 55.5 Å². The number of carbonyl (C=O) groups is 1. The second-order valence-corrected chi connectivity index (χ2v) is 10.1. The number of hydrogen-bond acceptors (Lipinski definition) is 4. The molecule has 0 radical (unpaired) electrons. The molecule has 1 aliphatic rings. The van der Waals surface area contributed by atoms with Gasteiger partial charge in [0.15, 0.2) is 0 Å². The largest absolute Gasteiger partial charge is 0.349 e. The zero-order valence-electron chi connectivity index (χ0n) is 15.9. The van der Waals surface area contributed by atoms with Crippen molar-refractivity contribution in [3.8, 4) is 0 Å². The van der Waals surface area contributed by atoms with E-state index in [4.69, 9.17) is 11.6 Å². The highest BCUT2D eigenvalue weighted by Crippen LogP contribution is 2.31. The molecule has 1 heterocycles. The molecule has 5 nitrogen and oxygen atoms in total. The Morgan fingerprint density at radius 2 is 1.79 bits per heavy atom. The molecule has 3 rings (SSSR count). The summed E-state index contributed by atoms with van der Waals surface area (Å²) >= 11 is 7.16. The first-order chi connectivity index (χ1) is 13.4. The molecular formula is C20H25ClN2O3S2. The van der Waals surface area contributed by atoms with E-state index >= 15 is 0 Å². The number of anilines is 1. The SMILES string of the molecule is CCN(c1ccsc1C(=O)NC1CCCCCC1)S(=O)(=O)c1ccc(Cl)cc1. The summed E-state index contributed by atoms with van der Waals surface area (Å²) in [4.78, 5) is 13.5. The average Bonchev–Trinajstić information content (AvgIpc) is 3.00. The average molecular weight is 441 g/mol. The maximum atomic E-state index is 13.1. The number of rotatable bonds is 6. The fourth-order valence-electron chi connectivity index (χ4n) is 3.55. The third-order valence-electron chi connectivity index (χ3n) is 5.00. The summed E-state index contributed by atoms with van der Waals surface area (Å²) < 4.78 is 27.6. The summed E-state index contributed by atoms with van der Waals surface area (Å²) in [5.74, 6) is -0.193. The van der Waals surface area contributed by atoms with Crippen LogP contribution in [0.4, 0.5) is 5.69 Å². The van der Waals surface area contributed by atoms with Gasteiger partial charge in [0.25, 0.3) is 15.9 Å². The number of nitrogens with zero attached hydrogens (tertiary/aromatic N) is 1. The van der Waals surface area contributed by atoms with Gasteiger partial charge >= 0.3 is 0 Å². The van der Waals surface area contributed by atoms with Gasteiger partial charge in [0.1, 0.15) is 4.88 Å². The van der Waals surface area contributed by atoms with Crippen molar-refractivity contribution in [2.45, 2.75) is 56.4 Å². The number of benzene rings is 1. The number of halogens is 1. The van der Waals surface area contributed by atoms with Crippen LogP contribution >= 0.6 is 22.9 Å². The van der Waals surface area contributed by atoms with E-state index in [0.29, 0.717) is 15.6 Å². The Hall–Kier alpha value is -1.57. The van der Waals surface area contributed by atoms with E-state index in [0.717, 1.165) is 25.7 Å². The van der Waals surface area contributed by atoms with Crippen LogP contribution in [0.3, 0.4) is 0 Å². The molecule has 0 atom stereocenters. The number of carbonyl (C=O) groups excluding carboxylic acids is 1. The van der Waals surface area contributed by atoms with Crippen molar-refractivity contribution in [1.82, 2.24) is 5.32 Å². The monoisotopic (exact) mass is 440 g/mol. The minimum Gasteiger partial charge on any atom is -0.349 e. The summed E-state index contributed by atoms with van der Waals surface area (Å²) in [6.07, 6.45) is 6.61. The van der Waals surface area contributed by atoms with E-state index in [1.54, 1.807) is 30.5 Å². The second kappa shape index (κ2) is 9.29. The van der Waals surface area contributed by atoms with Crippen LogP contribution in [0.15, 0.2) is 40.6 Å². The zero-order chi connectivity index (χ0) is 20.1. The third kappa shape index (κ3) is 4.70. The van der Waals surface area contributed by atoms with Crippen LogP contribution < -0.4 is 9.62 Å². The molecule has 8 heteroatoms. The highest BCUT2D eigenvalue weighted by atomic mass is 35.5. The van der Waals surface area contributed by atoms with Crippen LogP contribution in [0, 0.1) is 0 Å². The van der Waals surface area contributed by atoms with E-state index < -0.39 is 10.0 Å². The van der Waals surface area contributed by atoms with Crippen LogP contribution in [0.5, 0.6) is 0 Å². The zero-order valence-corrected chi connectivity index (χ0v) is 18.2. The Balaban J connectivity index is 1.85. The summed E-state index contributed by atoms with van der Waals surface area (Å²) in [6, 6.07) is 7.93. The molecule has 0 spiro atoms. The molecule has 0 saturated heterocycles. The predicted octanol–water partition coefficient (Wildman–Crippen LogP) is 5.07. The van der Waals surface area contributed by atoms with E-state index in [1.165, 1.54) is 40.6 Å². The minimum atomic E-state index is -3.78. The van der Waals surface area contributed by atoms with Crippen molar-refractivity contribution < 1.29 is 13.2 Å². The van der Waals surface area contributed by atoms with Crippen LogP contribution in [-0.4, -0.2) is 26.9 Å². The highest BCUT2D eigenvalue weighted by Gasteiger charge is 2.29. The van der Waals surface area contributed by atoms with E-state index in [9.17, 15) is 13.2 Å². The van der Waals surface area contributed by atoms with Crippen molar-refractivity contribution in [2.24, 2.45) is 0 Å². The van der Waals surface area contributed by atoms with Gasteiger partial charge in [0.05, 0.1) is 10.6 Å². The third-order valence-corrected chi connectivity index (χ3v) is 8.06. The number of thiophene rings is 1. The molecular weight excluding hydrogens is 416 g/mol. The Kier molecular flexibility index (Phi) is 7.01. The van der Waals surface area contributed by atoms with Crippen molar-refractivity contribution in [3.63, 3.8) is 0 Å². The lowest BCUT2D eigenvalue weighted by molar-refractivity contribution is 0.0938. The molecule has 1 aromatic heterocycles. The van der Waals surface area contributed by atoms with E-state index in [1.807, 2.05) is 0 Å². The number of hydrogen-bond donors (Lipinski definition) is 1. The Morgan fingerprint density at radius 3 is 2.39 bits per heavy atom. The molecule has 0 bridgehead atoms. The molecule has 1 saturated carbocycles. The van der Waals surface area contributed by atoms with Gasteiger partial charge in [-0.2, -0.15) is 0 Å². The second-order valence-electron chi connectivity index (χ2n) is 6.92. The molecule has 152 valence electrons. The van der Waals surface area contributed by atoms with Gasteiger partial charge in [-0.15, -0.1) is 11.3 Å². The Morgan fingerprint density at radius 1 is 1.14 bits per heavy atom. The summed E-state index contributed by atoms with van der Waals surface area (Å²) in [7, 11) is -3.78. The maximum absolute atomic E-state index is 13.1. The molecule has 2 aromatic rings. The smallest absolute Gasteiger partial charge is 0.264 e. The maximum Gasteiger partial charge on any atom is 0.264 e. The molecule has 1 N–H and O–H groups in total. The highest BCUT2D eigenvalue weighted by molar-refractivity contribution is 7.92. The van der Waals surface area contributed by atoms with Crippen LogP contribution in [0.2, 0.25) is 5.02 Å². The van der Waals surface area contributed by atoms with Crippen molar-refractivity contribution in [1.29, 1.82) is 0 Å². The fourth-order valence-corrected chi connectivity index (χ4v) is 6.01. The lowest BCUT2D eigenvalue weighted by Crippen LogP contribution is -2.36. The summed E-state index contributed by atoms with van der Waals surface area (Å²) in [5, 5.41) is 5.35. The van der Waals surface area contributed by atoms with Gasteiger partial charge in [-0.1, -0.05) is 37.3 Å². The van der Waals surface area contributed by atoms with E-state index in [-0.39, 0.29) is 23.4 Å². The molecule has 1 aliphatic carbocycles. The first kappa shape index (κ1) is 21.1. The first-order valence-electron chi connectivity index (χ1n) is 9.60. The van der Waals surface area contributed by atoms with Crippen molar-refractivity contribution in [2.75, 3.05) is 10.8 Å².